The average Bonchev–Trinajstić information content (AvgIpc) is 4.05. The van der Waals surface area contributed by atoms with Crippen LogP contribution in [0.15, 0.2) is 73.1 Å². The third kappa shape index (κ3) is 8.21. The molecule has 14 heteroatoms. The van der Waals surface area contributed by atoms with E-state index in [1.54, 1.807) is 11.1 Å². The van der Waals surface area contributed by atoms with Crippen LogP contribution < -0.4 is 10.6 Å². The van der Waals surface area contributed by atoms with Crippen molar-refractivity contribution in [1.29, 1.82) is 0 Å². The van der Waals surface area contributed by atoms with Crippen molar-refractivity contribution >= 4 is 34.8 Å². The van der Waals surface area contributed by atoms with Crippen LogP contribution in [-0.2, 0) is 14.3 Å². The lowest BCUT2D eigenvalue weighted by molar-refractivity contribution is -0.136. The standard InChI is InChI=1S/C43H50N8O6/c1-24(2)36(48-42(54)55)40(52)50-18-6-8-34(50)38-44-22-32(46-38)27-12-10-26(11-13-27)28-14-15-30-21-31(17-16-29(30)20-28)33-23-45-39(47-33)35-9-7-19-51(35)41(53)37(25(3)4)49-43(56)57-5/h10-17,20-25,34-37,48H,6-9,18-19H2,1-5H3,(H,44,46)(H,45,47)(H,49,56)(H,54,55)/t34-,35-,36?,37?/m0/s1. The van der Waals surface area contributed by atoms with Crippen LogP contribution in [-0.4, -0.2) is 91.1 Å². The Labute approximate surface area is 331 Å². The van der Waals surface area contributed by atoms with Gasteiger partial charge in [-0.1, -0.05) is 76.2 Å². The Bertz CT molecular complexity index is 2260. The molecule has 2 aliphatic heterocycles. The number of hydrogen-bond donors (Lipinski definition) is 5. The van der Waals surface area contributed by atoms with E-state index in [0.717, 1.165) is 75.9 Å². The van der Waals surface area contributed by atoms with E-state index in [9.17, 15) is 24.3 Å². The van der Waals surface area contributed by atoms with E-state index in [1.165, 1.54) is 7.11 Å². The van der Waals surface area contributed by atoms with Gasteiger partial charge in [0.15, 0.2) is 0 Å². The summed E-state index contributed by atoms with van der Waals surface area (Å²) in [6, 6.07) is 19.0. The Balaban J connectivity index is 1.03. The van der Waals surface area contributed by atoms with Crippen molar-refractivity contribution in [2.45, 2.75) is 77.5 Å². The molecule has 5 N–H and O–H groups in total. The van der Waals surface area contributed by atoms with E-state index in [0.29, 0.717) is 18.9 Å². The molecule has 4 atom stereocenters. The molecule has 0 radical (unpaired) electrons. The van der Waals surface area contributed by atoms with Gasteiger partial charge in [0.1, 0.15) is 23.7 Å². The second-order valence-corrected chi connectivity index (χ2v) is 15.6. The first-order valence-electron chi connectivity index (χ1n) is 19.6. The molecule has 2 saturated heterocycles. The minimum Gasteiger partial charge on any atom is -0.465 e. The maximum Gasteiger partial charge on any atom is 0.407 e. The first-order chi connectivity index (χ1) is 27.4. The number of imidazole rings is 2. The molecule has 0 bridgehead atoms. The van der Waals surface area contributed by atoms with Crippen LogP contribution >= 0.6 is 0 Å². The van der Waals surface area contributed by atoms with E-state index in [2.05, 4.69) is 86.2 Å². The summed E-state index contributed by atoms with van der Waals surface area (Å²) in [4.78, 5) is 70.1. The molecule has 2 unspecified atom stereocenters. The molecule has 3 aromatic carbocycles. The first kappa shape index (κ1) is 39.1. The number of amides is 4. The topological polar surface area (TPSA) is 186 Å². The highest BCUT2D eigenvalue weighted by Crippen LogP contribution is 2.35. The minimum atomic E-state index is -1.21. The molecular weight excluding hydrogens is 725 g/mol. The number of alkyl carbamates (subject to hydrolysis) is 1. The number of aromatic amines is 2. The zero-order chi connectivity index (χ0) is 40.4. The fraction of sp³-hybridized carbons (Fsp3) is 0.395. The molecule has 7 rings (SSSR count). The van der Waals surface area contributed by atoms with Crippen molar-refractivity contribution in [3.8, 4) is 33.6 Å². The highest BCUT2D eigenvalue weighted by atomic mass is 16.5. The molecule has 4 heterocycles. The predicted octanol–water partition coefficient (Wildman–Crippen LogP) is 7.29. The molecule has 4 amide bonds. The average molecular weight is 775 g/mol. The highest BCUT2D eigenvalue weighted by Gasteiger charge is 2.39. The molecule has 57 heavy (non-hydrogen) atoms. The SMILES string of the molecule is COC(=O)NC(C(=O)N1CCC[C@H]1c1ncc(-c2ccc3cc(-c4ccc(-c5cnc([C@@H]6CCCN6C(=O)C(NC(=O)O)C(C)C)[nH]5)cc4)ccc3c2)[nH]1)C(C)C. The van der Waals surface area contributed by atoms with Gasteiger partial charge < -0.3 is 40.2 Å². The van der Waals surface area contributed by atoms with Crippen LogP contribution in [0.5, 0.6) is 0 Å². The highest BCUT2D eigenvalue weighted by molar-refractivity contribution is 5.91. The summed E-state index contributed by atoms with van der Waals surface area (Å²) in [6.07, 6.45) is 4.96. The minimum absolute atomic E-state index is 0.107. The van der Waals surface area contributed by atoms with Crippen LogP contribution in [0.25, 0.3) is 44.4 Å². The van der Waals surface area contributed by atoms with Crippen molar-refractivity contribution in [2.75, 3.05) is 20.2 Å². The molecule has 0 saturated carbocycles. The molecule has 5 aromatic rings. The lowest BCUT2D eigenvalue weighted by Crippen LogP contribution is -2.51. The molecule has 14 nitrogen and oxygen atoms in total. The number of hydrogen-bond acceptors (Lipinski definition) is 7. The second kappa shape index (κ2) is 16.5. The zero-order valence-electron chi connectivity index (χ0n) is 32.9. The summed E-state index contributed by atoms with van der Waals surface area (Å²) in [6.45, 7) is 8.61. The number of nitrogens with zero attached hydrogens (tertiary/aromatic N) is 4. The first-order valence-corrected chi connectivity index (χ1v) is 19.6. The smallest absolute Gasteiger partial charge is 0.407 e. The van der Waals surface area contributed by atoms with Crippen molar-refractivity contribution in [3.63, 3.8) is 0 Å². The number of rotatable bonds is 11. The largest absolute Gasteiger partial charge is 0.465 e. The maximum absolute atomic E-state index is 13.6. The van der Waals surface area contributed by atoms with Gasteiger partial charge in [-0.15, -0.1) is 0 Å². The number of carbonyl (C=O) groups is 4. The Morgan fingerprint density at radius 1 is 0.684 bits per heavy atom. The summed E-state index contributed by atoms with van der Waals surface area (Å²) >= 11 is 0. The molecule has 2 aromatic heterocycles. The van der Waals surface area contributed by atoms with Gasteiger partial charge in [-0.25, -0.2) is 19.6 Å². The Morgan fingerprint density at radius 2 is 1.14 bits per heavy atom. The third-order valence-corrected chi connectivity index (χ3v) is 11.2. The van der Waals surface area contributed by atoms with Crippen molar-refractivity contribution < 1.29 is 29.0 Å². The number of benzene rings is 3. The fourth-order valence-corrected chi connectivity index (χ4v) is 8.07. The van der Waals surface area contributed by atoms with E-state index >= 15 is 0 Å². The van der Waals surface area contributed by atoms with Gasteiger partial charge in [-0.2, -0.15) is 0 Å². The molecule has 2 fully saturated rings. The van der Waals surface area contributed by atoms with Crippen molar-refractivity contribution in [3.05, 3.63) is 84.7 Å². The quantitative estimate of drug-likeness (QED) is 0.0926. The fourth-order valence-electron chi connectivity index (χ4n) is 8.07. The maximum atomic E-state index is 13.6. The lowest BCUT2D eigenvalue weighted by atomic mass is 9.98. The van der Waals surface area contributed by atoms with Crippen LogP contribution in [0.1, 0.15) is 77.1 Å². The van der Waals surface area contributed by atoms with Gasteiger partial charge in [0.2, 0.25) is 11.8 Å². The van der Waals surface area contributed by atoms with Gasteiger partial charge in [-0.05, 0) is 77.1 Å². The normalized spacial score (nSPS) is 17.9. The van der Waals surface area contributed by atoms with Crippen LogP contribution in [0, 0.1) is 11.8 Å². The zero-order valence-corrected chi connectivity index (χ0v) is 32.9. The summed E-state index contributed by atoms with van der Waals surface area (Å²) in [7, 11) is 1.29. The van der Waals surface area contributed by atoms with Crippen molar-refractivity contribution in [2.24, 2.45) is 11.8 Å². The number of likely N-dealkylation sites (tertiary alicyclic amines) is 2. The number of carbonyl (C=O) groups excluding carboxylic acids is 3. The van der Waals surface area contributed by atoms with Gasteiger partial charge in [0.05, 0.1) is 43.0 Å². The van der Waals surface area contributed by atoms with Crippen LogP contribution in [0.3, 0.4) is 0 Å². The molecular formula is C43H50N8O6. The number of nitrogens with one attached hydrogen (secondary N) is 4. The number of ether oxygens (including phenoxy) is 1. The summed E-state index contributed by atoms with van der Waals surface area (Å²) in [5.41, 5.74) is 5.81. The number of carboxylic acid groups (broad SMARTS) is 1. The number of fused-ring (bicyclic) bond motifs is 1. The van der Waals surface area contributed by atoms with E-state index in [4.69, 9.17) is 9.72 Å². The number of H-pyrrole nitrogens is 2. The summed E-state index contributed by atoms with van der Waals surface area (Å²) in [5.74, 6) is 0.755. The lowest BCUT2D eigenvalue weighted by Gasteiger charge is -2.30. The van der Waals surface area contributed by atoms with Crippen LogP contribution in [0.2, 0.25) is 0 Å². The van der Waals surface area contributed by atoms with Gasteiger partial charge >= 0.3 is 12.2 Å². The second-order valence-electron chi connectivity index (χ2n) is 15.6. The monoisotopic (exact) mass is 774 g/mol. The van der Waals surface area contributed by atoms with Gasteiger partial charge in [-0.3, -0.25) is 9.59 Å². The number of aromatic nitrogens is 4. The summed E-state index contributed by atoms with van der Waals surface area (Å²) in [5, 5.41) is 16.6. The van der Waals surface area contributed by atoms with Crippen LogP contribution in [0.4, 0.5) is 9.59 Å². The van der Waals surface area contributed by atoms with E-state index in [1.807, 2.05) is 38.8 Å². The third-order valence-electron chi connectivity index (χ3n) is 11.2. The Kier molecular flexibility index (Phi) is 11.3. The molecule has 0 aliphatic carbocycles. The summed E-state index contributed by atoms with van der Waals surface area (Å²) < 4.78 is 4.76. The van der Waals surface area contributed by atoms with Gasteiger partial charge in [0, 0.05) is 18.7 Å². The Hall–Kier alpha value is -6.18. The predicted molar refractivity (Wildman–Crippen MR) is 216 cm³/mol. The van der Waals surface area contributed by atoms with E-state index < -0.39 is 24.3 Å². The molecule has 298 valence electrons. The molecule has 0 spiro atoms. The van der Waals surface area contributed by atoms with Gasteiger partial charge in [0.25, 0.3) is 0 Å². The Morgan fingerprint density at radius 3 is 1.65 bits per heavy atom. The van der Waals surface area contributed by atoms with Crippen molar-refractivity contribution in [1.82, 2.24) is 40.4 Å². The van der Waals surface area contributed by atoms with E-state index in [-0.39, 0.29) is 35.7 Å². The number of methoxy groups -OCH3 is 1. The molecule has 2 aliphatic rings.